The summed E-state index contributed by atoms with van der Waals surface area (Å²) >= 11 is 0. The Kier molecular flexibility index (Phi) is 7.16. The first-order chi connectivity index (χ1) is 16.6. The molecule has 2 aromatic rings. The second-order valence-electron chi connectivity index (χ2n) is 8.15. The van der Waals surface area contributed by atoms with Crippen molar-refractivity contribution in [1.82, 2.24) is 24.8 Å². The lowest BCUT2D eigenvalue weighted by molar-refractivity contribution is -0.0711. The van der Waals surface area contributed by atoms with E-state index in [2.05, 4.69) is 20.3 Å². The molecule has 6 atom stereocenters. The molecule has 2 aromatic heterocycles. The predicted molar refractivity (Wildman–Crippen MR) is 118 cm³/mol. The molecule has 4 rings (SSSR count). The van der Waals surface area contributed by atoms with Crippen LogP contribution in [0.3, 0.4) is 0 Å². The van der Waals surface area contributed by atoms with Crippen molar-refractivity contribution in [3.05, 3.63) is 6.33 Å². The second kappa shape index (κ2) is 9.82. The molecule has 2 aliphatic heterocycles. The third-order valence-corrected chi connectivity index (χ3v) is 6.80. The van der Waals surface area contributed by atoms with Crippen LogP contribution in [0.25, 0.3) is 11.2 Å². The van der Waals surface area contributed by atoms with Gasteiger partial charge in [-0.1, -0.05) is 0 Å². The fourth-order valence-electron chi connectivity index (χ4n) is 3.85. The molecule has 0 bridgehead atoms. The molecule has 3 N–H and O–H groups in total. The van der Waals surface area contributed by atoms with Crippen molar-refractivity contribution >= 4 is 31.0 Å². The summed E-state index contributed by atoms with van der Waals surface area (Å²) in [5.74, 6) is 0.0782. The molecule has 0 spiro atoms. The van der Waals surface area contributed by atoms with Gasteiger partial charge in [0.15, 0.2) is 23.1 Å². The third kappa shape index (κ3) is 5.05. The van der Waals surface area contributed by atoms with Crippen molar-refractivity contribution in [3.8, 4) is 5.88 Å². The van der Waals surface area contributed by atoms with E-state index < -0.39 is 44.1 Å². The lowest BCUT2D eigenvalue weighted by atomic mass is 9.98. The van der Waals surface area contributed by atoms with Crippen LogP contribution < -0.4 is 15.8 Å². The molecule has 14 nitrogen and oxygen atoms in total. The van der Waals surface area contributed by atoms with E-state index in [4.69, 9.17) is 33.5 Å². The quantitative estimate of drug-likeness (QED) is 0.488. The average molecular weight is 518 g/mol. The number of nitrogen functional groups attached to an aromatic ring is 1. The molecule has 4 heterocycles. The summed E-state index contributed by atoms with van der Waals surface area (Å²) in [7, 11) is -4.15. The van der Waals surface area contributed by atoms with E-state index in [9.17, 15) is 9.36 Å². The van der Waals surface area contributed by atoms with Crippen LogP contribution in [-0.2, 0) is 27.6 Å². The van der Waals surface area contributed by atoms with Gasteiger partial charge in [-0.25, -0.2) is 18.7 Å². The number of nitrogens with zero attached hydrogens (tertiary/aromatic N) is 4. The topological polar surface area (TPSA) is 171 Å². The summed E-state index contributed by atoms with van der Waals surface area (Å²) < 4.78 is 62.7. The molecule has 2 fully saturated rings. The predicted octanol–water partition coefficient (Wildman–Crippen LogP) is 2.11. The highest BCUT2D eigenvalue weighted by Gasteiger charge is 2.61. The number of anilines is 1. The average Bonchev–Trinajstić information content (AvgIpc) is 3.31. The summed E-state index contributed by atoms with van der Waals surface area (Å²) in [6.07, 6.45) is -2.76. The Morgan fingerprint density at radius 3 is 2.91 bits per heavy atom. The zero-order valence-corrected chi connectivity index (χ0v) is 20.6. The van der Waals surface area contributed by atoms with Gasteiger partial charge in [-0.3, -0.25) is 18.1 Å². The van der Waals surface area contributed by atoms with Crippen LogP contribution in [-0.4, -0.2) is 76.0 Å². The maximum Gasteiger partial charge on any atom is 0.475 e. The zero-order valence-electron chi connectivity index (χ0n) is 19.7. The van der Waals surface area contributed by atoms with Gasteiger partial charge in [-0.05, 0) is 27.7 Å². The highest BCUT2D eigenvalue weighted by Crippen LogP contribution is 2.59. The molecule has 0 aliphatic carbocycles. The van der Waals surface area contributed by atoms with E-state index in [1.54, 1.807) is 20.8 Å². The highest BCUT2D eigenvalue weighted by atomic mass is 31.2. The Morgan fingerprint density at radius 1 is 1.43 bits per heavy atom. The van der Waals surface area contributed by atoms with Crippen molar-refractivity contribution in [2.24, 2.45) is 0 Å². The molecule has 35 heavy (non-hydrogen) atoms. The maximum atomic E-state index is 16.1. The monoisotopic (exact) mass is 518 g/mol. The molecular formula is C19H28FN6O8P. The first-order valence-corrected chi connectivity index (χ1v) is 12.5. The summed E-state index contributed by atoms with van der Waals surface area (Å²) in [6.45, 7) is 6.35. The zero-order chi connectivity index (χ0) is 25.4. The van der Waals surface area contributed by atoms with Gasteiger partial charge in [-0.15, -0.1) is 0 Å². The minimum absolute atomic E-state index is 0.0818. The number of fused-ring (bicyclic) bond motifs is 2. The molecule has 1 amide bonds. The van der Waals surface area contributed by atoms with Crippen LogP contribution in [0.2, 0.25) is 0 Å². The lowest BCUT2D eigenvalue weighted by Gasteiger charge is -2.34. The number of hydrogen-bond acceptors (Lipinski definition) is 12. The minimum Gasteiger partial charge on any atom is -0.476 e. The minimum atomic E-state index is -4.15. The number of carbonyl (C=O) groups is 1. The van der Waals surface area contributed by atoms with Crippen LogP contribution in [0.1, 0.15) is 33.9 Å². The maximum absolute atomic E-state index is 16.1. The Hall–Kier alpha value is -2.58. The Labute approximate surface area is 200 Å². The van der Waals surface area contributed by atoms with Gasteiger partial charge < -0.3 is 25.3 Å². The van der Waals surface area contributed by atoms with E-state index in [-0.39, 0.29) is 42.8 Å². The first kappa shape index (κ1) is 25.5. The van der Waals surface area contributed by atoms with E-state index >= 15 is 4.39 Å². The van der Waals surface area contributed by atoms with Crippen LogP contribution in [0.15, 0.2) is 6.33 Å². The Balaban J connectivity index is 1.50. The van der Waals surface area contributed by atoms with Crippen LogP contribution in [0.4, 0.5) is 15.1 Å². The van der Waals surface area contributed by atoms with Crippen molar-refractivity contribution in [3.63, 3.8) is 0 Å². The second-order valence-corrected chi connectivity index (χ2v) is 9.77. The number of alkyl halides is 1. The number of aromatic nitrogens is 4. The summed E-state index contributed by atoms with van der Waals surface area (Å²) in [4.78, 5) is 23.9. The van der Waals surface area contributed by atoms with Gasteiger partial charge in [-0.2, -0.15) is 9.97 Å². The number of nitrogens with two attached hydrogens (primary N) is 1. The smallest absolute Gasteiger partial charge is 0.475 e. The largest absolute Gasteiger partial charge is 0.476 e. The fourth-order valence-corrected chi connectivity index (χ4v) is 5.40. The summed E-state index contributed by atoms with van der Waals surface area (Å²) in [5, 5.41) is 2.50. The third-order valence-electron chi connectivity index (χ3n) is 5.38. The number of halogens is 1. The fraction of sp³-hybridized carbons (Fsp3) is 0.684. The number of hydrogen-bond donors (Lipinski definition) is 2. The first-order valence-electron chi connectivity index (χ1n) is 11.1. The number of ether oxygens (including phenoxy) is 3. The van der Waals surface area contributed by atoms with E-state index in [0.29, 0.717) is 6.61 Å². The van der Waals surface area contributed by atoms with Gasteiger partial charge in [0.25, 0.3) is 0 Å². The van der Waals surface area contributed by atoms with E-state index in [1.807, 2.05) is 0 Å². The molecule has 194 valence electrons. The Morgan fingerprint density at radius 2 is 2.20 bits per heavy atom. The summed E-state index contributed by atoms with van der Waals surface area (Å²) in [5.41, 5.74) is 4.09. The van der Waals surface area contributed by atoms with Crippen molar-refractivity contribution in [2.75, 3.05) is 32.2 Å². The molecule has 2 saturated heterocycles. The van der Waals surface area contributed by atoms with Gasteiger partial charge >= 0.3 is 13.9 Å². The van der Waals surface area contributed by atoms with Crippen molar-refractivity contribution in [2.45, 2.75) is 57.8 Å². The van der Waals surface area contributed by atoms with Crippen LogP contribution in [0, 0.1) is 0 Å². The SMILES string of the molecule is CCOC(=O)N[C@@H](C)CO[P@]1(=O)OC[C@H]2O[C@@H](n3cnc4c(OCC)nc(N)nc43)[C@](C)(F)[C@@H]2O1. The lowest BCUT2D eigenvalue weighted by Crippen LogP contribution is -2.45. The highest BCUT2D eigenvalue weighted by molar-refractivity contribution is 7.48. The van der Waals surface area contributed by atoms with Gasteiger partial charge in [0.05, 0.1) is 38.8 Å². The number of rotatable bonds is 8. The van der Waals surface area contributed by atoms with E-state index in [1.165, 1.54) is 17.8 Å². The number of phosphoric acid groups is 1. The van der Waals surface area contributed by atoms with Crippen molar-refractivity contribution < 1.29 is 41.5 Å². The molecule has 2 aliphatic rings. The van der Waals surface area contributed by atoms with E-state index in [0.717, 1.165) is 0 Å². The molecule has 0 saturated carbocycles. The number of nitrogens with one attached hydrogen (secondary N) is 1. The normalized spacial score (nSPS) is 31.2. The number of imidazole rings is 1. The number of carbonyl (C=O) groups excluding carboxylic acids is 1. The van der Waals surface area contributed by atoms with Gasteiger partial charge in [0, 0.05) is 0 Å². The number of phosphoric ester groups is 1. The molecule has 0 radical (unpaired) electrons. The summed E-state index contributed by atoms with van der Waals surface area (Å²) in [6, 6.07) is -0.573. The van der Waals surface area contributed by atoms with Crippen molar-refractivity contribution in [1.29, 1.82) is 0 Å². The molecular weight excluding hydrogens is 490 g/mol. The van der Waals surface area contributed by atoms with Gasteiger partial charge in [0.2, 0.25) is 11.8 Å². The molecule has 0 aromatic carbocycles. The molecule has 16 heteroatoms. The number of alkyl carbamates (subject to hydrolysis) is 1. The Bertz CT molecular complexity index is 1130. The molecule has 0 unspecified atom stereocenters. The van der Waals surface area contributed by atoms with Crippen LogP contribution in [0.5, 0.6) is 5.88 Å². The number of amides is 1. The van der Waals surface area contributed by atoms with Crippen LogP contribution >= 0.6 is 7.82 Å². The standard InChI is InChI=1S/C19H28FN6O8P/c1-5-29-15-12-14(24-17(21)25-15)26(9-22-12)16-19(4,20)13-11(33-16)8-32-35(28,34-13)31-7-10(3)23-18(27)30-6-2/h9-11,13,16H,5-8H2,1-4H3,(H,23,27)(H2,21,24,25)/t10-,11+,13+,16+,19+,35+/m0/s1. The van der Waals surface area contributed by atoms with Gasteiger partial charge in [0.1, 0.15) is 12.2 Å².